The Morgan fingerprint density at radius 1 is 1.05 bits per heavy atom. The number of phenolic OH excluding ortho intramolecular Hbond substituents is 1. The first kappa shape index (κ1) is 27.6. The number of aromatic nitrogens is 1. The number of fused-ring (bicyclic) bond motifs is 1. The lowest BCUT2D eigenvalue weighted by Crippen LogP contribution is -2.26. The van der Waals surface area contributed by atoms with Gasteiger partial charge in [0.2, 0.25) is 11.8 Å². The zero-order valence-corrected chi connectivity index (χ0v) is 21.1. The Morgan fingerprint density at radius 2 is 1.84 bits per heavy atom. The molecule has 1 N–H and O–H groups in total. The van der Waals surface area contributed by atoms with Crippen LogP contribution in [0.2, 0.25) is 0 Å². The minimum Gasteiger partial charge on any atom is -0.508 e. The van der Waals surface area contributed by atoms with Crippen LogP contribution in [0.5, 0.6) is 17.4 Å². The van der Waals surface area contributed by atoms with Gasteiger partial charge in [-0.1, -0.05) is 25.6 Å². The lowest BCUT2D eigenvalue weighted by molar-refractivity contribution is 0.198. The van der Waals surface area contributed by atoms with E-state index in [0.717, 1.165) is 72.5 Å². The molecule has 1 saturated heterocycles. The number of alkyl halides is 1. The number of ether oxygens (including phenoxy) is 2. The van der Waals surface area contributed by atoms with Crippen molar-refractivity contribution in [3.63, 3.8) is 0 Å². The largest absolute Gasteiger partial charge is 0.508 e. The highest BCUT2D eigenvalue weighted by atomic mass is 19.1. The number of aryl methyl sites for hydroxylation is 1. The number of aromatic hydroxyl groups is 1. The average Bonchev–Trinajstić information content (AvgIpc) is 3.27. The zero-order valence-electron chi connectivity index (χ0n) is 21.1. The maximum atomic E-state index is 15.2. The van der Waals surface area contributed by atoms with Gasteiger partial charge >= 0.3 is 0 Å². The summed E-state index contributed by atoms with van der Waals surface area (Å²) in [6, 6.07) is 16.7. The molecular weight excluding hydrogens is 486 g/mol. The summed E-state index contributed by atoms with van der Waals surface area (Å²) in [7, 11) is 1.47. The molecule has 1 aliphatic heterocycles. The molecule has 0 spiro atoms. The van der Waals surface area contributed by atoms with Gasteiger partial charge in [-0.2, -0.15) is 9.37 Å². The number of hydrogen-bond donors (Lipinski definition) is 1. The Labute approximate surface area is 223 Å². The van der Waals surface area contributed by atoms with Crippen LogP contribution in [0.1, 0.15) is 55.4 Å². The van der Waals surface area contributed by atoms with Crippen molar-refractivity contribution in [3.05, 3.63) is 82.8 Å². The van der Waals surface area contributed by atoms with Gasteiger partial charge in [-0.05, 0) is 90.3 Å². The molecule has 0 radical (unpaired) electrons. The predicted molar refractivity (Wildman–Crippen MR) is 147 cm³/mol. The van der Waals surface area contributed by atoms with Crippen molar-refractivity contribution in [3.8, 4) is 17.4 Å². The number of allylic oxidation sites excluding steroid dienone is 1. The number of rotatable bonds is 8. The van der Waals surface area contributed by atoms with Crippen molar-refractivity contribution < 1.29 is 23.4 Å². The summed E-state index contributed by atoms with van der Waals surface area (Å²) >= 11 is 0. The van der Waals surface area contributed by atoms with Crippen LogP contribution in [-0.2, 0) is 6.42 Å². The Hall–Kier alpha value is -3.45. The van der Waals surface area contributed by atoms with Crippen LogP contribution in [0.25, 0.3) is 11.1 Å². The van der Waals surface area contributed by atoms with Gasteiger partial charge in [-0.15, -0.1) is 0 Å². The van der Waals surface area contributed by atoms with E-state index in [1.807, 2.05) is 30.3 Å². The van der Waals surface area contributed by atoms with Gasteiger partial charge < -0.3 is 14.6 Å². The summed E-state index contributed by atoms with van der Waals surface area (Å²) in [5.41, 5.74) is 5.23. The van der Waals surface area contributed by atoms with Crippen molar-refractivity contribution in [2.45, 2.75) is 45.6 Å². The van der Waals surface area contributed by atoms with Crippen molar-refractivity contribution in [1.82, 2.24) is 9.88 Å². The summed E-state index contributed by atoms with van der Waals surface area (Å²) < 4.78 is 39.0. The van der Waals surface area contributed by atoms with Crippen molar-refractivity contribution >= 4 is 11.1 Å². The maximum absolute atomic E-state index is 15.2. The van der Waals surface area contributed by atoms with E-state index >= 15 is 4.39 Å². The first-order valence-corrected chi connectivity index (χ1v) is 12.9. The standard InChI is InChI=1S/C30H32F2N2O3.CH4/c1-36-28-13-12-27(30(32)33-28)26-5-2-4-21-18-22(35)8-11-25(21)29(26)20-6-9-23(10-7-20)37-24-14-17-34(19-24)16-3-15-31;/h6-13,18,24,35H,2-5,14-17,19H2,1H3;1H4/t24-;/m0./s1. The lowest BCUT2D eigenvalue weighted by atomic mass is 9.88. The summed E-state index contributed by atoms with van der Waals surface area (Å²) in [4.78, 5) is 6.23. The molecule has 0 bridgehead atoms. The Morgan fingerprint density at radius 3 is 2.58 bits per heavy atom. The molecule has 0 unspecified atom stereocenters. The van der Waals surface area contributed by atoms with E-state index in [4.69, 9.17) is 9.47 Å². The minimum absolute atomic E-state index is 0. The second-order valence-electron chi connectivity index (χ2n) is 9.64. The minimum atomic E-state index is -0.562. The van der Waals surface area contributed by atoms with E-state index in [1.165, 1.54) is 7.11 Å². The smallest absolute Gasteiger partial charge is 0.223 e. The number of phenols is 1. The van der Waals surface area contributed by atoms with Crippen LogP contribution >= 0.6 is 0 Å². The second kappa shape index (κ2) is 12.4. The molecule has 1 atom stereocenters. The highest BCUT2D eigenvalue weighted by Gasteiger charge is 2.25. The van der Waals surface area contributed by atoms with Gasteiger partial charge in [0.25, 0.3) is 0 Å². The molecular formula is C31H36F2N2O3. The van der Waals surface area contributed by atoms with Crippen molar-refractivity contribution in [2.75, 3.05) is 33.4 Å². The maximum Gasteiger partial charge on any atom is 0.223 e. The number of nitrogens with zero attached hydrogens (tertiary/aromatic N) is 2. The Balaban J connectivity index is 0.00000336. The molecule has 1 aliphatic carbocycles. The van der Waals surface area contributed by atoms with Gasteiger partial charge in [-0.3, -0.25) is 9.29 Å². The third-order valence-electron chi connectivity index (χ3n) is 7.17. The van der Waals surface area contributed by atoms with Crippen molar-refractivity contribution in [2.24, 2.45) is 0 Å². The number of pyridine rings is 1. The SMILES string of the molecule is C.COc1ccc(C2=C(c3ccc(O[C@H]4CCN(CCCF)C4)cc3)c3ccc(O)cc3CCC2)c(F)n1. The fourth-order valence-electron chi connectivity index (χ4n) is 5.40. The number of benzene rings is 2. The van der Waals surface area contributed by atoms with Crippen LogP contribution in [0.3, 0.4) is 0 Å². The highest BCUT2D eigenvalue weighted by Crippen LogP contribution is 2.41. The molecule has 1 aromatic heterocycles. The monoisotopic (exact) mass is 522 g/mol. The lowest BCUT2D eigenvalue weighted by Gasteiger charge is -2.19. The average molecular weight is 523 g/mol. The second-order valence-corrected chi connectivity index (χ2v) is 9.64. The summed E-state index contributed by atoms with van der Waals surface area (Å²) in [6.45, 7) is 2.19. The topological polar surface area (TPSA) is 54.8 Å². The molecule has 1 fully saturated rings. The number of methoxy groups -OCH3 is 1. The van der Waals surface area contributed by atoms with Gasteiger partial charge in [0.05, 0.1) is 13.8 Å². The fraction of sp³-hybridized carbons (Fsp3) is 0.387. The molecule has 2 heterocycles. The van der Waals surface area contributed by atoms with Crippen LogP contribution in [0, 0.1) is 5.95 Å². The first-order chi connectivity index (χ1) is 18.1. The van der Waals surface area contributed by atoms with E-state index < -0.39 is 5.95 Å². The number of halogens is 2. The fourth-order valence-corrected chi connectivity index (χ4v) is 5.40. The van der Waals surface area contributed by atoms with Gasteiger partial charge in [0.15, 0.2) is 0 Å². The third kappa shape index (κ3) is 5.99. The van der Waals surface area contributed by atoms with Gasteiger partial charge in [-0.25, -0.2) is 0 Å². The predicted octanol–water partition coefficient (Wildman–Crippen LogP) is 6.68. The van der Waals surface area contributed by atoms with Crippen LogP contribution in [0.15, 0.2) is 54.6 Å². The van der Waals surface area contributed by atoms with E-state index in [1.54, 1.807) is 24.3 Å². The molecule has 5 rings (SSSR count). The van der Waals surface area contributed by atoms with Crippen molar-refractivity contribution in [1.29, 1.82) is 0 Å². The number of likely N-dealkylation sites (tertiary alicyclic amines) is 1. The third-order valence-corrected chi connectivity index (χ3v) is 7.17. The highest BCUT2D eigenvalue weighted by molar-refractivity contribution is 6.00. The van der Waals surface area contributed by atoms with Gasteiger partial charge in [0, 0.05) is 31.3 Å². The molecule has 2 aliphatic rings. The molecule has 0 saturated carbocycles. The van der Waals surface area contributed by atoms with Gasteiger partial charge in [0.1, 0.15) is 17.6 Å². The molecule has 7 heteroatoms. The Bertz CT molecular complexity index is 1280. The molecule has 5 nitrogen and oxygen atoms in total. The molecule has 0 amide bonds. The van der Waals surface area contributed by atoms with Crippen LogP contribution in [0.4, 0.5) is 8.78 Å². The summed E-state index contributed by atoms with van der Waals surface area (Å²) in [5, 5.41) is 10.1. The number of hydrogen-bond acceptors (Lipinski definition) is 5. The van der Waals surface area contributed by atoms with E-state index in [9.17, 15) is 9.50 Å². The van der Waals surface area contributed by atoms with Crippen LogP contribution < -0.4 is 9.47 Å². The first-order valence-electron chi connectivity index (χ1n) is 12.9. The van der Waals surface area contributed by atoms with Crippen LogP contribution in [-0.4, -0.2) is 54.5 Å². The zero-order chi connectivity index (χ0) is 25.8. The quantitative estimate of drug-likeness (QED) is 0.335. The summed E-state index contributed by atoms with van der Waals surface area (Å²) in [6.07, 6.45) is 3.84. The molecule has 3 aromatic rings. The molecule has 38 heavy (non-hydrogen) atoms. The van der Waals surface area contributed by atoms with E-state index in [-0.39, 0.29) is 31.8 Å². The molecule has 2 aromatic carbocycles. The Kier molecular flexibility index (Phi) is 9.00. The van der Waals surface area contributed by atoms with E-state index in [2.05, 4.69) is 9.88 Å². The summed E-state index contributed by atoms with van der Waals surface area (Å²) in [5.74, 6) is 0.673. The van der Waals surface area contributed by atoms with E-state index in [0.29, 0.717) is 18.4 Å². The molecule has 202 valence electrons. The normalized spacial score (nSPS) is 17.5.